The summed E-state index contributed by atoms with van der Waals surface area (Å²) in [6.07, 6.45) is 1.67. The number of aliphatic hydroxyl groups excluding tert-OH is 1. The molecule has 3 fully saturated rings. The summed E-state index contributed by atoms with van der Waals surface area (Å²) < 4.78 is 25.0. The summed E-state index contributed by atoms with van der Waals surface area (Å²) in [5, 5.41) is 20.1. The van der Waals surface area contributed by atoms with Gasteiger partial charge in [-0.05, 0) is 39.3 Å². The maximum Gasteiger partial charge on any atom is 0.173 e. The molecule has 11 heteroatoms. The Hall–Kier alpha value is -0.755. The van der Waals surface area contributed by atoms with E-state index < -0.39 is 18.7 Å². The molecular formula is C25H50BN5O5. The van der Waals surface area contributed by atoms with Crippen LogP contribution in [-0.4, -0.2) is 101 Å². The van der Waals surface area contributed by atoms with Gasteiger partial charge in [0, 0.05) is 37.2 Å². The van der Waals surface area contributed by atoms with E-state index in [0.29, 0.717) is 31.0 Å². The van der Waals surface area contributed by atoms with E-state index >= 15 is 0 Å². The van der Waals surface area contributed by atoms with Crippen LogP contribution in [0.1, 0.15) is 46.0 Å². The van der Waals surface area contributed by atoms with Crippen molar-refractivity contribution in [1.29, 1.82) is 0 Å². The van der Waals surface area contributed by atoms with Crippen LogP contribution in [0.3, 0.4) is 0 Å². The summed E-state index contributed by atoms with van der Waals surface area (Å²) in [4.78, 5) is 0. The molecule has 0 aromatic carbocycles. The summed E-state index contributed by atoms with van der Waals surface area (Å²) in [6.45, 7) is 9.66. The topological polar surface area (TPSA) is 145 Å². The number of ether oxygens (including phenoxy) is 4. The number of hydrogen-bond donors (Lipinski definition) is 6. The summed E-state index contributed by atoms with van der Waals surface area (Å²) in [5.41, 5.74) is 14.0. The Morgan fingerprint density at radius 3 is 2.50 bits per heavy atom. The zero-order valence-corrected chi connectivity index (χ0v) is 22.8. The second-order valence-electron chi connectivity index (χ2n) is 11.2. The van der Waals surface area contributed by atoms with E-state index in [1.807, 2.05) is 14.1 Å². The second kappa shape index (κ2) is 13.9. The van der Waals surface area contributed by atoms with Gasteiger partial charge >= 0.3 is 0 Å². The molecular weight excluding hydrogens is 461 g/mol. The predicted molar refractivity (Wildman–Crippen MR) is 143 cm³/mol. The Balaban J connectivity index is 1.70. The van der Waals surface area contributed by atoms with Crippen molar-refractivity contribution in [3.63, 3.8) is 0 Å². The summed E-state index contributed by atoms with van der Waals surface area (Å²) in [7, 11) is 5.95. The van der Waals surface area contributed by atoms with E-state index in [0.717, 1.165) is 25.1 Å². The minimum atomic E-state index is -0.554. The van der Waals surface area contributed by atoms with Crippen LogP contribution < -0.4 is 27.4 Å². The number of hydrogen-bond acceptors (Lipinski definition) is 10. The minimum absolute atomic E-state index is 0.0324. The van der Waals surface area contributed by atoms with Crippen LogP contribution in [0.25, 0.3) is 0 Å². The molecule has 0 amide bonds. The number of nitrogens with one attached hydrogen (secondary N) is 3. The molecule has 12 unspecified atom stereocenters. The highest BCUT2D eigenvalue weighted by Crippen LogP contribution is 2.31. The van der Waals surface area contributed by atoms with Gasteiger partial charge in [-0.2, -0.15) is 0 Å². The molecule has 0 aromatic heterocycles. The first-order valence-electron chi connectivity index (χ1n) is 13.7. The van der Waals surface area contributed by atoms with E-state index in [1.54, 1.807) is 0 Å². The molecule has 2 saturated heterocycles. The Morgan fingerprint density at radius 1 is 1.08 bits per heavy atom. The highest BCUT2D eigenvalue weighted by atomic mass is 16.7. The monoisotopic (exact) mass is 511 g/mol. The molecule has 0 radical (unpaired) electrons. The highest BCUT2D eigenvalue weighted by molar-refractivity contribution is 6.11. The average Bonchev–Trinajstić information content (AvgIpc) is 2.84. The summed E-state index contributed by atoms with van der Waals surface area (Å²) >= 11 is 0. The number of allylic oxidation sites excluding steroid dienone is 1. The molecule has 208 valence electrons. The SMILES string of the molecule is BC(C)C(C)C(=C)NC1CC(N)C(OC2OC(CNC)CCC2N)CC1OC1CC(NC)C(O)CO1. The lowest BCUT2D eigenvalue weighted by molar-refractivity contribution is -0.252. The van der Waals surface area contributed by atoms with Crippen molar-refractivity contribution >= 4 is 7.85 Å². The van der Waals surface area contributed by atoms with Crippen molar-refractivity contribution in [1.82, 2.24) is 16.0 Å². The molecule has 10 nitrogen and oxygen atoms in total. The normalized spacial score (nSPS) is 41.4. The van der Waals surface area contributed by atoms with Crippen LogP contribution in [0.4, 0.5) is 0 Å². The smallest absolute Gasteiger partial charge is 0.173 e. The lowest BCUT2D eigenvalue weighted by Crippen LogP contribution is -2.59. The molecule has 0 bridgehead atoms. The van der Waals surface area contributed by atoms with Gasteiger partial charge in [0.2, 0.25) is 0 Å². The van der Waals surface area contributed by atoms with E-state index in [4.69, 9.17) is 30.4 Å². The molecule has 1 saturated carbocycles. The third kappa shape index (κ3) is 7.88. The van der Waals surface area contributed by atoms with Crippen molar-refractivity contribution in [3.05, 3.63) is 12.3 Å². The van der Waals surface area contributed by atoms with E-state index in [9.17, 15) is 5.11 Å². The standard InChI is InChI=1S/C25H50BN5O5/c1-13(14(2)26)15(3)31-20-8-18(28)22(36-25-17(27)7-6-16(34-25)11-29-4)10-23(20)35-24-9-19(30-5)21(32)12-33-24/h13-14,16-25,29-32H,3,6-12,26-28H2,1-2,4-5H3. The fourth-order valence-corrected chi connectivity index (χ4v) is 5.31. The molecule has 0 spiro atoms. The Kier molecular flexibility index (Phi) is 11.5. The lowest BCUT2D eigenvalue weighted by atomic mass is 9.77. The molecule has 36 heavy (non-hydrogen) atoms. The van der Waals surface area contributed by atoms with Gasteiger partial charge in [-0.3, -0.25) is 0 Å². The van der Waals surface area contributed by atoms with Crippen molar-refractivity contribution in [2.45, 2.75) is 113 Å². The van der Waals surface area contributed by atoms with Crippen LogP contribution in [-0.2, 0) is 18.9 Å². The molecule has 1 aliphatic carbocycles. The van der Waals surface area contributed by atoms with Crippen LogP contribution in [0.2, 0.25) is 5.82 Å². The van der Waals surface area contributed by atoms with Gasteiger partial charge in [-0.1, -0.05) is 26.2 Å². The fraction of sp³-hybridized carbons (Fsp3) is 0.920. The van der Waals surface area contributed by atoms with Crippen LogP contribution in [0.5, 0.6) is 0 Å². The largest absolute Gasteiger partial charge is 0.389 e. The Morgan fingerprint density at radius 2 is 1.83 bits per heavy atom. The maximum absolute atomic E-state index is 10.2. The molecule has 2 heterocycles. The van der Waals surface area contributed by atoms with Gasteiger partial charge in [-0.25, -0.2) is 0 Å². The van der Waals surface area contributed by atoms with Gasteiger partial charge in [0.1, 0.15) is 7.85 Å². The number of likely N-dealkylation sites (N-methyl/N-ethyl adjacent to an activating group) is 2. The minimum Gasteiger partial charge on any atom is -0.389 e. The number of nitrogens with two attached hydrogens (primary N) is 2. The van der Waals surface area contributed by atoms with Gasteiger partial charge in [-0.15, -0.1) is 0 Å². The van der Waals surface area contributed by atoms with E-state index in [2.05, 4.69) is 44.2 Å². The van der Waals surface area contributed by atoms with Crippen molar-refractivity contribution in [2.75, 3.05) is 27.2 Å². The Labute approximate surface area is 218 Å². The Bertz CT molecular complexity index is 691. The second-order valence-corrected chi connectivity index (χ2v) is 11.2. The maximum atomic E-state index is 10.2. The first kappa shape index (κ1) is 29.8. The molecule has 3 aliphatic rings. The third-order valence-corrected chi connectivity index (χ3v) is 8.14. The van der Waals surface area contributed by atoms with Gasteiger partial charge in [0.25, 0.3) is 0 Å². The first-order valence-corrected chi connectivity index (χ1v) is 13.7. The number of aliphatic hydroxyl groups is 1. The fourth-order valence-electron chi connectivity index (χ4n) is 5.31. The van der Waals surface area contributed by atoms with Gasteiger partial charge in [0.15, 0.2) is 12.6 Å². The van der Waals surface area contributed by atoms with Crippen molar-refractivity contribution in [2.24, 2.45) is 17.4 Å². The molecule has 3 rings (SSSR count). The average molecular weight is 512 g/mol. The predicted octanol–water partition coefficient (Wildman–Crippen LogP) is -0.825. The zero-order valence-electron chi connectivity index (χ0n) is 22.8. The van der Waals surface area contributed by atoms with Gasteiger partial charge in [0.05, 0.1) is 43.1 Å². The number of rotatable bonds is 11. The molecule has 8 N–H and O–H groups in total. The third-order valence-electron chi connectivity index (χ3n) is 8.14. The molecule has 12 atom stereocenters. The highest BCUT2D eigenvalue weighted by Gasteiger charge is 2.42. The summed E-state index contributed by atoms with van der Waals surface area (Å²) in [6, 6.07) is -0.507. The van der Waals surface area contributed by atoms with Crippen LogP contribution >= 0.6 is 0 Å². The van der Waals surface area contributed by atoms with Crippen LogP contribution in [0, 0.1) is 5.92 Å². The van der Waals surface area contributed by atoms with E-state index in [1.165, 1.54) is 0 Å². The van der Waals surface area contributed by atoms with Gasteiger partial charge < -0.3 is 51.5 Å². The van der Waals surface area contributed by atoms with Crippen molar-refractivity contribution < 1.29 is 24.1 Å². The molecule has 0 aromatic rings. The van der Waals surface area contributed by atoms with E-state index in [-0.39, 0.29) is 49.1 Å². The van der Waals surface area contributed by atoms with Crippen molar-refractivity contribution in [3.8, 4) is 0 Å². The van der Waals surface area contributed by atoms with Crippen LogP contribution in [0.15, 0.2) is 12.3 Å². The zero-order chi connectivity index (χ0) is 26.4. The quantitative estimate of drug-likeness (QED) is 0.195. The molecule has 2 aliphatic heterocycles. The first-order chi connectivity index (χ1) is 17.1. The lowest BCUT2D eigenvalue weighted by Gasteiger charge is -2.45. The summed E-state index contributed by atoms with van der Waals surface area (Å²) in [5.74, 6) is 0.774.